The number of pyridine rings is 2. The fourth-order valence-corrected chi connectivity index (χ4v) is 3.34. The molecule has 25 heavy (non-hydrogen) atoms. The summed E-state index contributed by atoms with van der Waals surface area (Å²) in [4.78, 5) is 20.4. The van der Waals surface area contributed by atoms with Gasteiger partial charge in [0.05, 0.1) is 16.6 Å². The molecule has 0 aliphatic carbocycles. The molecule has 4 aromatic rings. The number of aromatic amines is 1. The Morgan fingerprint density at radius 1 is 1.16 bits per heavy atom. The monoisotopic (exact) mass is 328 g/mol. The number of hydrogen-bond acceptors (Lipinski definition) is 3. The first kappa shape index (κ1) is 15.2. The van der Waals surface area contributed by atoms with Gasteiger partial charge in [0, 0.05) is 18.0 Å². The molecule has 5 nitrogen and oxygen atoms in total. The van der Waals surface area contributed by atoms with E-state index in [1.54, 1.807) is 16.8 Å². The second-order valence-corrected chi connectivity index (χ2v) is 6.08. The van der Waals surface area contributed by atoms with E-state index in [0.717, 1.165) is 28.6 Å². The molecule has 0 saturated carbocycles. The van der Waals surface area contributed by atoms with Gasteiger partial charge in [0.2, 0.25) is 0 Å². The molecule has 122 valence electrons. The Morgan fingerprint density at radius 2 is 1.92 bits per heavy atom. The standard InChI is InChI=1S/C20H16N4O/c1-13-15(7-6-14-8-10-22-11-9-14)20(25)24-18-5-3-2-4-17(18)23-19(24)16(13)12-21/h2-5,8-11,23H,6-7H2,1H3. The second-order valence-electron chi connectivity index (χ2n) is 6.08. The fourth-order valence-electron chi connectivity index (χ4n) is 3.34. The fraction of sp³-hybridized carbons (Fsp3) is 0.150. The quantitative estimate of drug-likeness (QED) is 0.628. The van der Waals surface area contributed by atoms with Crippen molar-refractivity contribution < 1.29 is 0 Å². The lowest BCUT2D eigenvalue weighted by Gasteiger charge is -2.09. The molecule has 0 amide bonds. The minimum absolute atomic E-state index is 0.0574. The molecule has 0 bridgehead atoms. The minimum atomic E-state index is -0.0574. The third-order valence-electron chi connectivity index (χ3n) is 4.67. The van der Waals surface area contributed by atoms with Crippen molar-refractivity contribution >= 4 is 16.7 Å². The van der Waals surface area contributed by atoms with Gasteiger partial charge in [-0.3, -0.25) is 14.2 Å². The summed E-state index contributed by atoms with van der Waals surface area (Å²) in [6.07, 6.45) is 4.82. The van der Waals surface area contributed by atoms with Crippen molar-refractivity contribution in [3.8, 4) is 6.07 Å². The maximum absolute atomic E-state index is 13.1. The van der Waals surface area contributed by atoms with Gasteiger partial charge in [-0.25, -0.2) is 0 Å². The topological polar surface area (TPSA) is 74.0 Å². The zero-order valence-electron chi connectivity index (χ0n) is 13.8. The number of H-pyrrole nitrogens is 1. The first-order valence-corrected chi connectivity index (χ1v) is 8.14. The van der Waals surface area contributed by atoms with Crippen LogP contribution >= 0.6 is 0 Å². The lowest BCUT2D eigenvalue weighted by Crippen LogP contribution is -2.21. The number of aryl methyl sites for hydroxylation is 1. The van der Waals surface area contributed by atoms with Crippen molar-refractivity contribution in [1.29, 1.82) is 5.26 Å². The van der Waals surface area contributed by atoms with E-state index in [9.17, 15) is 10.1 Å². The number of imidazole rings is 1. The third kappa shape index (κ3) is 2.39. The lowest BCUT2D eigenvalue weighted by molar-refractivity contribution is 0.908. The summed E-state index contributed by atoms with van der Waals surface area (Å²) in [5, 5.41) is 9.65. The number of hydrogen-bond donors (Lipinski definition) is 1. The van der Waals surface area contributed by atoms with Crippen LogP contribution in [0.4, 0.5) is 0 Å². The van der Waals surface area contributed by atoms with Gasteiger partial charge < -0.3 is 4.98 Å². The summed E-state index contributed by atoms with van der Waals surface area (Å²) >= 11 is 0. The number of fused-ring (bicyclic) bond motifs is 3. The zero-order chi connectivity index (χ0) is 17.4. The molecule has 3 aromatic heterocycles. The maximum atomic E-state index is 13.1. The van der Waals surface area contributed by atoms with Crippen LogP contribution in [0.15, 0.2) is 53.6 Å². The number of para-hydroxylation sites is 2. The summed E-state index contributed by atoms with van der Waals surface area (Å²) in [6.45, 7) is 1.85. The van der Waals surface area contributed by atoms with Crippen molar-refractivity contribution in [1.82, 2.24) is 14.4 Å². The lowest BCUT2D eigenvalue weighted by atomic mass is 9.99. The summed E-state index contributed by atoms with van der Waals surface area (Å²) in [6, 6.07) is 13.8. The van der Waals surface area contributed by atoms with Crippen LogP contribution in [0.3, 0.4) is 0 Å². The molecule has 0 aliphatic heterocycles. The number of rotatable bonds is 3. The molecular formula is C20H16N4O. The van der Waals surface area contributed by atoms with Crippen LogP contribution in [-0.4, -0.2) is 14.4 Å². The number of aromatic nitrogens is 3. The molecule has 0 fully saturated rings. The SMILES string of the molecule is Cc1c(CCc2ccncc2)c(=O)n2c([nH]c3ccccc32)c1C#N. The van der Waals surface area contributed by atoms with Gasteiger partial charge in [-0.2, -0.15) is 5.26 Å². The Morgan fingerprint density at radius 3 is 2.68 bits per heavy atom. The molecule has 3 heterocycles. The highest BCUT2D eigenvalue weighted by atomic mass is 16.1. The van der Waals surface area contributed by atoms with E-state index in [4.69, 9.17) is 0 Å². The van der Waals surface area contributed by atoms with Gasteiger partial charge in [0.15, 0.2) is 0 Å². The Balaban J connectivity index is 1.94. The van der Waals surface area contributed by atoms with E-state index < -0.39 is 0 Å². The van der Waals surface area contributed by atoms with Crippen LogP contribution in [0.1, 0.15) is 22.3 Å². The van der Waals surface area contributed by atoms with Crippen LogP contribution in [0.2, 0.25) is 0 Å². The van der Waals surface area contributed by atoms with Gasteiger partial charge in [-0.1, -0.05) is 12.1 Å². The molecule has 0 spiro atoms. The molecular weight excluding hydrogens is 312 g/mol. The van der Waals surface area contributed by atoms with E-state index >= 15 is 0 Å². The zero-order valence-corrected chi connectivity index (χ0v) is 13.8. The first-order chi connectivity index (χ1) is 12.2. The van der Waals surface area contributed by atoms with Gasteiger partial charge in [-0.05, 0) is 55.2 Å². The predicted octanol–water partition coefficient (Wildman–Crippen LogP) is 3.14. The van der Waals surface area contributed by atoms with Crippen molar-refractivity contribution in [2.75, 3.05) is 0 Å². The molecule has 0 saturated heterocycles. The van der Waals surface area contributed by atoms with E-state index in [1.165, 1.54) is 0 Å². The average Bonchev–Trinajstić information content (AvgIpc) is 3.02. The van der Waals surface area contributed by atoms with E-state index in [1.807, 2.05) is 43.3 Å². The molecule has 0 atom stereocenters. The number of benzene rings is 1. The van der Waals surface area contributed by atoms with Crippen molar-refractivity contribution in [3.63, 3.8) is 0 Å². The highest BCUT2D eigenvalue weighted by Gasteiger charge is 2.18. The molecule has 0 aliphatic rings. The summed E-state index contributed by atoms with van der Waals surface area (Å²) in [5.74, 6) is 0. The normalized spacial score (nSPS) is 11.0. The van der Waals surface area contributed by atoms with Gasteiger partial charge in [-0.15, -0.1) is 0 Å². The maximum Gasteiger partial charge on any atom is 0.260 e. The molecule has 4 rings (SSSR count). The molecule has 0 radical (unpaired) electrons. The summed E-state index contributed by atoms with van der Waals surface area (Å²) in [5.41, 5.74) is 5.25. The first-order valence-electron chi connectivity index (χ1n) is 8.14. The van der Waals surface area contributed by atoms with Crippen LogP contribution in [0.5, 0.6) is 0 Å². The highest BCUT2D eigenvalue weighted by molar-refractivity contribution is 5.82. The third-order valence-corrected chi connectivity index (χ3v) is 4.67. The Hall–Kier alpha value is -3.39. The second kappa shape index (κ2) is 5.91. The molecule has 1 N–H and O–H groups in total. The van der Waals surface area contributed by atoms with Gasteiger partial charge >= 0.3 is 0 Å². The van der Waals surface area contributed by atoms with Crippen LogP contribution in [0, 0.1) is 18.3 Å². The largest absolute Gasteiger partial charge is 0.338 e. The van der Waals surface area contributed by atoms with E-state index in [-0.39, 0.29) is 5.56 Å². The molecule has 0 unspecified atom stereocenters. The van der Waals surface area contributed by atoms with Crippen molar-refractivity contribution in [2.45, 2.75) is 19.8 Å². The summed E-state index contributed by atoms with van der Waals surface area (Å²) in [7, 11) is 0. The van der Waals surface area contributed by atoms with Crippen LogP contribution < -0.4 is 5.56 Å². The van der Waals surface area contributed by atoms with Gasteiger partial charge in [0.25, 0.3) is 5.56 Å². The Kier molecular flexibility index (Phi) is 3.58. The predicted molar refractivity (Wildman–Crippen MR) is 96.6 cm³/mol. The highest BCUT2D eigenvalue weighted by Crippen LogP contribution is 2.21. The summed E-state index contributed by atoms with van der Waals surface area (Å²) < 4.78 is 1.63. The molecule has 5 heteroatoms. The van der Waals surface area contributed by atoms with Crippen LogP contribution in [-0.2, 0) is 12.8 Å². The molecule has 1 aromatic carbocycles. The van der Waals surface area contributed by atoms with Crippen molar-refractivity contribution in [3.05, 3.63) is 81.4 Å². The number of nitrogens with zero attached hydrogens (tertiary/aromatic N) is 3. The van der Waals surface area contributed by atoms with Crippen molar-refractivity contribution in [2.24, 2.45) is 0 Å². The number of nitriles is 1. The minimum Gasteiger partial charge on any atom is -0.338 e. The smallest absolute Gasteiger partial charge is 0.260 e. The van der Waals surface area contributed by atoms with E-state index in [0.29, 0.717) is 23.2 Å². The Bertz CT molecular complexity index is 1180. The Labute approximate surface area is 144 Å². The van der Waals surface area contributed by atoms with Crippen LogP contribution in [0.25, 0.3) is 16.7 Å². The van der Waals surface area contributed by atoms with Gasteiger partial charge in [0.1, 0.15) is 11.7 Å². The average molecular weight is 328 g/mol. The number of nitrogens with one attached hydrogen (secondary N) is 1. The van der Waals surface area contributed by atoms with E-state index in [2.05, 4.69) is 16.0 Å².